The third-order valence-corrected chi connectivity index (χ3v) is 0.723. The van der Waals surface area contributed by atoms with Gasteiger partial charge in [-0.05, 0) is 6.20 Å². The van der Waals surface area contributed by atoms with E-state index in [1.807, 2.05) is 19.0 Å². The first-order chi connectivity index (χ1) is 4.13. The molecule has 3 heteroatoms. The molecule has 0 aliphatic rings. The van der Waals surface area contributed by atoms with Crippen LogP contribution in [0.15, 0.2) is 12.3 Å². The molecule has 0 radical (unpaired) electrons. The number of amides is 1. The Kier molecular flexibility index (Phi) is 3.51. The highest BCUT2D eigenvalue weighted by atomic mass is 16.1. The largest absolute Gasteiger partial charge is 0.384 e. The maximum Gasteiger partial charge on any atom is 0.221 e. The van der Waals surface area contributed by atoms with Crippen LogP contribution in [0.1, 0.15) is 6.42 Å². The maximum atomic E-state index is 10.1. The normalized spacial score (nSPS) is 10.0. The first-order valence-electron chi connectivity index (χ1n) is 2.74. The van der Waals surface area contributed by atoms with E-state index in [0.29, 0.717) is 6.42 Å². The molecule has 0 atom stereocenters. The van der Waals surface area contributed by atoms with E-state index in [-0.39, 0.29) is 5.91 Å². The van der Waals surface area contributed by atoms with Gasteiger partial charge in [-0.3, -0.25) is 4.79 Å². The van der Waals surface area contributed by atoms with Gasteiger partial charge in [-0.2, -0.15) is 0 Å². The molecule has 0 heterocycles. The number of nitrogens with two attached hydrogens (primary N) is 1. The van der Waals surface area contributed by atoms with Crippen LogP contribution in [0.5, 0.6) is 0 Å². The van der Waals surface area contributed by atoms with E-state index in [1.54, 1.807) is 12.3 Å². The van der Waals surface area contributed by atoms with Crippen molar-refractivity contribution in [3.8, 4) is 0 Å². The molecular formula is C6H12N2O. The molecule has 52 valence electrons. The van der Waals surface area contributed by atoms with Crippen molar-refractivity contribution in [3.05, 3.63) is 12.3 Å². The van der Waals surface area contributed by atoms with E-state index in [4.69, 9.17) is 5.73 Å². The molecule has 0 fully saturated rings. The lowest BCUT2D eigenvalue weighted by Crippen LogP contribution is -2.09. The predicted octanol–water partition coefficient (Wildman–Crippen LogP) is -0.0629. The second-order valence-electron chi connectivity index (χ2n) is 2.02. The quantitative estimate of drug-likeness (QED) is 0.578. The highest BCUT2D eigenvalue weighted by Gasteiger charge is 1.85. The summed E-state index contributed by atoms with van der Waals surface area (Å²) in [6.45, 7) is 0. The van der Waals surface area contributed by atoms with Crippen LogP contribution in [0.3, 0.4) is 0 Å². The van der Waals surface area contributed by atoms with Crippen molar-refractivity contribution >= 4 is 5.91 Å². The minimum atomic E-state index is -0.298. The molecule has 0 aromatic carbocycles. The molecule has 0 saturated carbocycles. The molecule has 0 unspecified atom stereocenters. The fourth-order valence-electron chi connectivity index (χ4n) is 0.380. The molecule has 2 N–H and O–H groups in total. The van der Waals surface area contributed by atoms with Crippen molar-refractivity contribution < 1.29 is 4.79 Å². The first kappa shape index (κ1) is 8.01. The summed E-state index contributed by atoms with van der Waals surface area (Å²) in [4.78, 5) is 12.0. The van der Waals surface area contributed by atoms with Gasteiger partial charge >= 0.3 is 0 Å². The van der Waals surface area contributed by atoms with E-state index in [2.05, 4.69) is 0 Å². The molecule has 0 aliphatic carbocycles. The van der Waals surface area contributed by atoms with Crippen LogP contribution in [0, 0.1) is 0 Å². The van der Waals surface area contributed by atoms with Gasteiger partial charge in [0.15, 0.2) is 0 Å². The van der Waals surface area contributed by atoms with Crippen molar-refractivity contribution in [3.63, 3.8) is 0 Å². The van der Waals surface area contributed by atoms with Crippen LogP contribution in [-0.2, 0) is 4.79 Å². The van der Waals surface area contributed by atoms with Crippen molar-refractivity contribution in [1.29, 1.82) is 0 Å². The second kappa shape index (κ2) is 3.95. The van der Waals surface area contributed by atoms with Crippen LogP contribution in [0.2, 0.25) is 0 Å². The molecule has 0 rings (SSSR count). The number of rotatable bonds is 3. The minimum Gasteiger partial charge on any atom is -0.384 e. The lowest BCUT2D eigenvalue weighted by atomic mass is 10.4. The third-order valence-electron chi connectivity index (χ3n) is 0.723. The van der Waals surface area contributed by atoms with E-state index < -0.39 is 0 Å². The number of primary amides is 1. The number of carbonyl (C=O) groups excluding carboxylic acids is 1. The topological polar surface area (TPSA) is 46.3 Å². The molecule has 9 heavy (non-hydrogen) atoms. The van der Waals surface area contributed by atoms with E-state index in [9.17, 15) is 4.79 Å². The Bertz CT molecular complexity index is 118. The Morgan fingerprint density at radius 3 is 2.56 bits per heavy atom. The van der Waals surface area contributed by atoms with Gasteiger partial charge in [-0.15, -0.1) is 0 Å². The highest BCUT2D eigenvalue weighted by molar-refractivity contribution is 5.75. The zero-order valence-electron chi connectivity index (χ0n) is 5.79. The number of hydrogen-bond donors (Lipinski definition) is 1. The van der Waals surface area contributed by atoms with Crippen LogP contribution >= 0.6 is 0 Å². The Labute approximate surface area is 55.1 Å². The summed E-state index contributed by atoms with van der Waals surface area (Å²) in [7, 11) is 3.77. The molecule has 0 aromatic rings. The van der Waals surface area contributed by atoms with Crippen LogP contribution in [0.4, 0.5) is 0 Å². The van der Waals surface area contributed by atoms with Crippen molar-refractivity contribution in [2.45, 2.75) is 6.42 Å². The molecule has 3 nitrogen and oxygen atoms in total. The Hall–Kier alpha value is -0.990. The predicted molar refractivity (Wildman–Crippen MR) is 36.6 cm³/mol. The van der Waals surface area contributed by atoms with E-state index in [1.165, 1.54) is 0 Å². The molecule has 0 bridgehead atoms. The lowest BCUT2D eigenvalue weighted by molar-refractivity contribution is -0.117. The Morgan fingerprint density at radius 1 is 1.67 bits per heavy atom. The van der Waals surface area contributed by atoms with Crippen LogP contribution in [0.25, 0.3) is 0 Å². The van der Waals surface area contributed by atoms with E-state index >= 15 is 0 Å². The monoisotopic (exact) mass is 128 g/mol. The molecule has 0 spiro atoms. The smallest absolute Gasteiger partial charge is 0.221 e. The molecular weight excluding hydrogens is 116 g/mol. The third kappa shape index (κ3) is 7.01. The van der Waals surface area contributed by atoms with E-state index in [0.717, 1.165) is 0 Å². The van der Waals surface area contributed by atoms with Gasteiger partial charge < -0.3 is 10.6 Å². The minimum absolute atomic E-state index is 0.298. The summed E-state index contributed by atoms with van der Waals surface area (Å²) >= 11 is 0. The molecule has 0 saturated heterocycles. The fraction of sp³-hybridized carbons (Fsp3) is 0.500. The first-order valence-corrected chi connectivity index (χ1v) is 2.74. The fourth-order valence-corrected chi connectivity index (χ4v) is 0.380. The standard InChI is InChI=1S/C6H12N2O/c1-8(2)5-3-4-6(7)9/h3,5H,4H2,1-2H3,(H2,7,9). The van der Waals surface area contributed by atoms with Gasteiger partial charge in [-0.1, -0.05) is 6.08 Å². The Morgan fingerprint density at radius 2 is 2.22 bits per heavy atom. The van der Waals surface area contributed by atoms with Gasteiger partial charge in [-0.25, -0.2) is 0 Å². The summed E-state index contributed by atoms with van der Waals surface area (Å²) in [5.41, 5.74) is 4.87. The van der Waals surface area contributed by atoms with Gasteiger partial charge in [0, 0.05) is 20.5 Å². The summed E-state index contributed by atoms with van der Waals surface area (Å²) in [5, 5.41) is 0. The van der Waals surface area contributed by atoms with Crippen LogP contribution < -0.4 is 5.73 Å². The average Bonchev–Trinajstić information content (AvgIpc) is 1.63. The highest BCUT2D eigenvalue weighted by Crippen LogP contribution is 1.81. The zero-order valence-corrected chi connectivity index (χ0v) is 5.79. The second-order valence-corrected chi connectivity index (χ2v) is 2.02. The Balaban J connectivity index is 3.36. The maximum absolute atomic E-state index is 10.1. The van der Waals surface area contributed by atoms with Crippen LogP contribution in [-0.4, -0.2) is 24.9 Å². The summed E-state index contributed by atoms with van der Waals surface area (Å²) in [6.07, 6.45) is 3.84. The van der Waals surface area contributed by atoms with Crippen molar-refractivity contribution in [2.75, 3.05) is 14.1 Å². The average molecular weight is 128 g/mol. The summed E-state index contributed by atoms with van der Waals surface area (Å²) in [5.74, 6) is -0.298. The molecule has 1 amide bonds. The number of nitrogens with zero attached hydrogens (tertiary/aromatic N) is 1. The zero-order chi connectivity index (χ0) is 7.28. The van der Waals surface area contributed by atoms with Gasteiger partial charge in [0.05, 0.1) is 0 Å². The van der Waals surface area contributed by atoms with Gasteiger partial charge in [0.1, 0.15) is 0 Å². The summed E-state index contributed by atoms with van der Waals surface area (Å²) < 4.78 is 0. The number of carbonyl (C=O) groups is 1. The number of hydrogen-bond acceptors (Lipinski definition) is 2. The molecule has 0 aromatic heterocycles. The van der Waals surface area contributed by atoms with Crippen molar-refractivity contribution in [1.82, 2.24) is 4.90 Å². The lowest BCUT2D eigenvalue weighted by Gasteiger charge is -2.01. The summed E-state index contributed by atoms with van der Waals surface area (Å²) in [6, 6.07) is 0. The molecule has 0 aliphatic heterocycles. The SMILES string of the molecule is CN(C)C=CCC(N)=O. The van der Waals surface area contributed by atoms with Gasteiger partial charge in [0.25, 0.3) is 0 Å². The van der Waals surface area contributed by atoms with Crippen molar-refractivity contribution in [2.24, 2.45) is 5.73 Å². The van der Waals surface area contributed by atoms with Gasteiger partial charge in [0.2, 0.25) is 5.91 Å².